The molecule has 0 unspecified atom stereocenters. The van der Waals surface area contributed by atoms with Crippen molar-refractivity contribution in [2.45, 2.75) is 31.8 Å². The SMILES string of the molecule is COc1cc(Cn2ncc3cc(N4C(=O)C[C@@H](C5(C(N)=O)CC5)[C@@H]4c4ccccc4)ccc32)ccn1. The third kappa shape index (κ3) is 3.61. The van der Waals surface area contributed by atoms with Gasteiger partial charge in [-0.3, -0.25) is 14.3 Å². The maximum atomic E-state index is 13.4. The first-order valence-corrected chi connectivity index (χ1v) is 12.1. The number of pyridine rings is 1. The number of carbonyl (C=O) groups excluding carboxylic acids is 2. The van der Waals surface area contributed by atoms with E-state index in [9.17, 15) is 9.59 Å². The van der Waals surface area contributed by atoms with E-state index in [1.807, 2.05) is 76.4 Å². The van der Waals surface area contributed by atoms with Crippen LogP contribution in [0.4, 0.5) is 5.69 Å². The molecule has 3 heterocycles. The number of methoxy groups -OCH3 is 1. The molecule has 2 fully saturated rings. The Hall–Kier alpha value is -4.20. The number of nitrogens with zero attached hydrogens (tertiary/aromatic N) is 4. The van der Waals surface area contributed by atoms with E-state index in [2.05, 4.69) is 10.1 Å². The normalized spacial score (nSPS) is 20.6. The maximum Gasteiger partial charge on any atom is 0.227 e. The minimum Gasteiger partial charge on any atom is -0.481 e. The third-order valence-electron chi connectivity index (χ3n) is 7.70. The minimum atomic E-state index is -0.606. The Labute approximate surface area is 208 Å². The highest BCUT2D eigenvalue weighted by Gasteiger charge is 2.61. The summed E-state index contributed by atoms with van der Waals surface area (Å²) < 4.78 is 7.16. The zero-order chi connectivity index (χ0) is 24.9. The Balaban J connectivity index is 1.37. The average Bonchev–Trinajstić information content (AvgIpc) is 3.52. The lowest BCUT2D eigenvalue weighted by Gasteiger charge is -2.32. The van der Waals surface area contributed by atoms with Crippen LogP contribution in [-0.2, 0) is 16.1 Å². The molecule has 4 aromatic rings. The number of nitrogens with two attached hydrogens (primary N) is 1. The van der Waals surface area contributed by atoms with Gasteiger partial charge in [0, 0.05) is 35.7 Å². The Morgan fingerprint density at radius 3 is 2.67 bits per heavy atom. The van der Waals surface area contributed by atoms with Crippen LogP contribution in [0.5, 0.6) is 5.88 Å². The number of ether oxygens (including phenoxy) is 1. The lowest BCUT2D eigenvalue weighted by atomic mass is 9.79. The summed E-state index contributed by atoms with van der Waals surface area (Å²) in [5, 5.41) is 5.53. The second kappa shape index (κ2) is 8.48. The van der Waals surface area contributed by atoms with E-state index in [1.54, 1.807) is 13.3 Å². The van der Waals surface area contributed by atoms with Gasteiger partial charge in [0.15, 0.2) is 0 Å². The highest BCUT2D eigenvalue weighted by atomic mass is 16.5. The van der Waals surface area contributed by atoms with Gasteiger partial charge in [0.2, 0.25) is 17.7 Å². The van der Waals surface area contributed by atoms with Crippen molar-refractivity contribution >= 4 is 28.4 Å². The van der Waals surface area contributed by atoms with Crippen LogP contribution >= 0.6 is 0 Å². The summed E-state index contributed by atoms with van der Waals surface area (Å²) in [6.07, 6.45) is 5.32. The zero-order valence-electron chi connectivity index (χ0n) is 20.0. The first kappa shape index (κ1) is 22.3. The summed E-state index contributed by atoms with van der Waals surface area (Å²) in [6.45, 7) is 0.570. The molecular formula is C28H27N5O3. The minimum absolute atomic E-state index is 0.0111. The van der Waals surface area contributed by atoms with E-state index in [0.29, 0.717) is 18.8 Å². The Bertz CT molecular complexity index is 1460. The fourth-order valence-electron chi connectivity index (χ4n) is 5.69. The van der Waals surface area contributed by atoms with Gasteiger partial charge in [-0.15, -0.1) is 0 Å². The van der Waals surface area contributed by atoms with Crippen molar-refractivity contribution in [2.75, 3.05) is 12.0 Å². The van der Waals surface area contributed by atoms with Gasteiger partial charge in [-0.2, -0.15) is 5.10 Å². The molecule has 2 atom stereocenters. The summed E-state index contributed by atoms with van der Waals surface area (Å²) in [4.78, 5) is 31.9. The Kier molecular flexibility index (Phi) is 5.25. The predicted octanol–water partition coefficient (Wildman–Crippen LogP) is 3.85. The summed E-state index contributed by atoms with van der Waals surface area (Å²) >= 11 is 0. The van der Waals surface area contributed by atoms with E-state index in [4.69, 9.17) is 10.5 Å². The Morgan fingerprint density at radius 2 is 1.94 bits per heavy atom. The van der Waals surface area contributed by atoms with Gasteiger partial charge < -0.3 is 15.4 Å². The van der Waals surface area contributed by atoms with E-state index in [-0.39, 0.29) is 23.8 Å². The smallest absolute Gasteiger partial charge is 0.227 e. The molecule has 8 nitrogen and oxygen atoms in total. The number of rotatable bonds is 7. The predicted molar refractivity (Wildman–Crippen MR) is 135 cm³/mol. The molecule has 1 saturated carbocycles. The number of carbonyl (C=O) groups is 2. The zero-order valence-corrected chi connectivity index (χ0v) is 20.0. The standard InChI is InChI=1S/C28H27N5O3/c1-36-24-13-18(9-12-30-24)17-32-23-8-7-21(14-20(23)16-31-32)33-25(34)15-22(28(10-11-28)27(29)35)26(33)19-5-3-2-4-6-19/h2-9,12-14,16,22,26H,10-11,15,17H2,1H3,(H2,29,35)/t22-,26+/m1/s1. The first-order chi connectivity index (χ1) is 17.5. The van der Waals surface area contributed by atoms with Crippen molar-refractivity contribution in [3.8, 4) is 5.88 Å². The average molecular weight is 482 g/mol. The molecule has 1 aliphatic carbocycles. The molecule has 2 aliphatic rings. The monoisotopic (exact) mass is 481 g/mol. The lowest BCUT2D eigenvalue weighted by molar-refractivity contribution is -0.125. The van der Waals surface area contributed by atoms with Crippen molar-refractivity contribution in [1.82, 2.24) is 14.8 Å². The maximum absolute atomic E-state index is 13.4. The molecule has 2 aromatic heterocycles. The molecule has 36 heavy (non-hydrogen) atoms. The summed E-state index contributed by atoms with van der Waals surface area (Å²) in [7, 11) is 1.60. The van der Waals surface area contributed by atoms with Crippen LogP contribution in [0.2, 0.25) is 0 Å². The molecule has 2 N–H and O–H groups in total. The molecule has 0 radical (unpaired) electrons. The van der Waals surface area contributed by atoms with E-state index in [0.717, 1.165) is 40.6 Å². The molecule has 8 heteroatoms. The van der Waals surface area contributed by atoms with Crippen molar-refractivity contribution in [2.24, 2.45) is 17.1 Å². The molecule has 2 aromatic carbocycles. The molecule has 1 saturated heterocycles. The first-order valence-electron chi connectivity index (χ1n) is 12.1. The summed E-state index contributed by atoms with van der Waals surface area (Å²) in [5.74, 6) is 0.124. The van der Waals surface area contributed by atoms with Crippen LogP contribution in [0, 0.1) is 11.3 Å². The molecule has 1 aliphatic heterocycles. The number of anilines is 1. The van der Waals surface area contributed by atoms with Crippen LogP contribution < -0.4 is 15.4 Å². The van der Waals surface area contributed by atoms with Gasteiger partial charge in [0.25, 0.3) is 0 Å². The lowest BCUT2D eigenvalue weighted by Crippen LogP contribution is -2.36. The van der Waals surface area contributed by atoms with E-state index < -0.39 is 5.41 Å². The summed E-state index contributed by atoms with van der Waals surface area (Å²) in [5.41, 5.74) is 9.05. The number of hydrogen-bond donors (Lipinski definition) is 1. The molecule has 6 rings (SSSR count). The number of primary amides is 1. The molecule has 0 spiro atoms. The van der Waals surface area contributed by atoms with Crippen LogP contribution in [0.15, 0.2) is 73.1 Å². The van der Waals surface area contributed by atoms with Gasteiger partial charge in [0.05, 0.1) is 36.8 Å². The number of aromatic nitrogens is 3. The van der Waals surface area contributed by atoms with Gasteiger partial charge in [0.1, 0.15) is 0 Å². The topological polar surface area (TPSA) is 103 Å². The fourth-order valence-corrected chi connectivity index (χ4v) is 5.69. The number of fused-ring (bicyclic) bond motifs is 1. The largest absolute Gasteiger partial charge is 0.481 e. The van der Waals surface area contributed by atoms with Gasteiger partial charge in [-0.05, 0) is 48.2 Å². The van der Waals surface area contributed by atoms with Gasteiger partial charge in [-0.25, -0.2) is 4.98 Å². The van der Waals surface area contributed by atoms with Crippen molar-refractivity contribution < 1.29 is 14.3 Å². The van der Waals surface area contributed by atoms with Crippen molar-refractivity contribution in [3.05, 3.63) is 84.2 Å². The van der Waals surface area contributed by atoms with Crippen LogP contribution in [0.1, 0.15) is 36.4 Å². The van der Waals surface area contributed by atoms with Crippen LogP contribution in [0.25, 0.3) is 10.9 Å². The van der Waals surface area contributed by atoms with E-state index in [1.165, 1.54) is 0 Å². The highest BCUT2D eigenvalue weighted by molar-refractivity contribution is 6.00. The molecule has 0 bridgehead atoms. The fraction of sp³-hybridized carbons (Fsp3) is 0.286. The molecule has 2 amide bonds. The van der Waals surface area contributed by atoms with Crippen LogP contribution in [-0.4, -0.2) is 33.7 Å². The van der Waals surface area contributed by atoms with Crippen LogP contribution in [0.3, 0.4) is 0 Å². The van der Waals surface area contributed by atoms with Crippen molar-refractivity contribution in [1.29, 1.82) is 0 Å². The molecular weight excluding hydrogens is 454 g/mol. The number of amides is 2. The van der Waals surface area contributed by atoms with Gasteiger partial charge in [-0.1, -0.05) is 30.3 Å². The summed E-state index contributed by atoms with van der Waals surface area (Å²) in [6, 6.07) is 19.5. The molecule has 182 valence electrons. The third-order valence-corrected chi connectivity index (χ3v) is 7.70. The highest BCUT2D eigenvalue weighted by Crippen LogP contribution is 2.61. The Morgan fingerprint density at radius 1 is 1.14 bits per heavy atom. The van der Waals surface area contributed by atoms with E-state index >= 15 is 0 Å². The van der Waals surface area contributed by atoms with Crippen molar-refractivity contribution in [3.63, 3.8) is 0 Å². The van der Waals surface area contributed by atoms with Gasteiger partial charge >= 0.3 is 0 Å². The second-order valence-corrected chi connectivity index (χ2v) is 9.70. The number of benzene rings is 2. The second-order valence-electron chi connectivity index (χ2n) is 9.70. The number of hydrogen-bond acceptors (Lipinski definition) is 5. The quantitative estimate of drug-likeness (QED) is 0.432.